The molecule has 0 saturated carbocycles. The van der Waals surface area contributed by atoms with Gasteiger partial charge >= 0.3 is 0 Å². The van der Waals surface area contributed by atoms with Crippen molar-refractivity contribution in [2.24, 2.45) is 0 Å². The quantitative estimate of drug-likeness (QED) is 0.835. The average molecular weight is 304 g/mol. The fraction of sp³-hybridized carbons (Fsp3) is 0.500. The summed E-state index contributed by atoms with van der Waals surface area (Å²) in [6.07, 6.45) is 1.96. The number of rotatable bonds is 7. The zero-order chi connectivity index (χ0) is 15.2. The van der Waals surface area contributed by atoms with E-state index in [1.807, 2.05) is 6.07 Å². The first kappa shape index (κ1) is 15.8. The van der Waals surface area contributed by atoms with Gasteiger partial charge < -0.3 is 10.2 Å². The summed E-state index contributed by atoms with van der Waals surface area (Å²) in [5.41, 5.74) is 0. The molecule has 1 unspecified atom stereocenters. The normalized spacial score (nSPS) is 12.2. The molecule has 2 rings (SSSR count). The van der Waals surface area contributed by atoms with Crippen LogP contribution in [0, 0.1) is 0 Å². The summed E-state index contributed by atoms with van der Waals surface area (Å²) in [5.74, 6) is 2.80. The lowest BCUT2D eigenvalue weighted by Crippen LogP contribution is -2.23. The Hall–Kier alpha value is -1.62. The molecule has 0 saturated heterocycles. The third-order valence-electron chi connectivity index (χ3n) is 3.49. The van der Waals surface area contributed by atoms with Crippen molar-refractivity contribution in [1.29, 1.82) is 0 Å². The summed E-state index contributed by atoms with van der Waals surface area (Å²) in [5, 5.41) is 5.42. The first-order chi connectivity index (χ1) is 10.2. The molecule has 21 heavy (non-hydrogen) atoms. The fourth-order valence-corrected chi connectivity index (χ4v) is 3.02. The van der Waals surface area contributed by atoms with Gasteiger partial charge in [0.2, 0.25) is 0 Å². The topological polar surface area (TPSA) is 41.1 Å². The van der Waals surface area contributed by atoms with E-state index >= 15 is 0 Å². The zero-order valence-electron chi connectivity index (χ0n) is 13.3. The number of aryl methyl sites for hydroxylation is 1. The third-order valence-corrected chi connectivity index (χ3v) is 4.53. The standard InChI is InChI=1S/C16H24N4S/c1-5-8-14-18-15(17-6-2)11-16(19-14)20(4)12(3)13-9-7-10-21-13/h7,9-12H,5-6,8H2,1-4H3,(H,17,18,19). The molecular weight excluding hydrogens is 280 g/mol. The molecule has 2 aromatic heterocycles. The van der Waals surface area contributed by atoms with E-state index in [1.165, 1.54) is 4.88 Å². The molecule has 0 fully saturated rings. The lowest BCUT2D eigenvalue weighted by Gasteiger charge is -2.26. The summed E-state index contributed by atoms with van der Waals surface area (Å²) in [7, 11) is 2.10. The fourth-order valence-electron chi connectivity index (χ4n) is 2.19. The number of nitrogens with one attached hydrogen (secondary N) is 1. The van der Waals surface area contributed by atoms with Crippen LogP contribution in [0.4, 0.5) is 11.6 Å². The molecule has 0 aliphatic carbocycles. The molecule has 2 aromatic rings. The highest BCUT2D eigenvalue weighted by molar-refractivity contribution is 7.10. The van der Waals surface area contributed by atoms with Crippen LogP contribution >= 0.6 is 11.3 Å². The smallest absolute Gasteiger partial charge is 0.134 e. The third kappa shape index (κ3) is 3.94. The van der Waals surface area contributed by atoms with Gasteiger partial charge in [-0.1, -0.05) is 13.0 Å². The van der Waals surface area contributed by atoms with Crippen molar-refractivity contribution < 1.29 is 0 Å². The highest BCUT2D eigenvalue weighted by Gasteiger charge is 2.16. The van der Waals surface area contributed by atoms with Crippen molar-refractivity contribution in [2.75, 3.05) is 23.8 Å². The largest absolute Gasteiger partial charge is 0.370 e. The molecule has 0 radical (unpaired) electrons. The first-order valence-electron chi connectivity index (χ1n) is 7.53. The summed E-state index contributed by atoms with van der Waals surface area (Å²) in [4.78, 5) is 12.8. The van der Waals surface area contributed by atoms with Gasteiger partial charge in [0, 0.05) is 31.0 Å². The summed E-state index contributed by atoms with van der Waals surface area (Å²) >= 11 is 1.78. The Bertz CT molecular complexity index is 529. The maximum Gasteiger partial charge on any atom is 0.134 e. The van der Waals surface area contributed by atoms with E-state index in [0.29, 0.717) is 6.04 Å². The van der Waals surface area contributed by atoms with Gasteiger partial charge in [-0.2, -0.15) is 0 Å². The van der Waals surface area contributed by atoms with Crippen molar-refractivity contribution in [2.45, 2.75) is 39.7 Å². The van der Waals surface area contributed by atoms with E-state index in [0.717, 1.165) is 36.8 Å². The van der Waals surface area contributed by atoms with Crippen LogP contribution in [0.3, 0.4) is 0 Å². The van der Waals surface area contributed by atoms with Crippen molar-refractivity contribution in [3.8, 4) is 0 Å². The number of hydrogen-bond acceptors (Lipinski definition) is 5. The number of hydrogen-bond donors (Lipinski definition) is 1. The van der Waals surface area contributed by atoms with Crippen LogP contribution in [0.5, 0.6) is 0 Å². The Morgan fingerprint density at radius 1 is 1.33 bits per heavy atom. The Kier molecular flexibility index (Phi) is 5.56. The van der Waals surface area contributed by atoms with Crippen molar-refractivity contribution in [3.05, 3.63) is 34.3 Å². The van der Waals surface area contributed by atoms with Gasteiger partial charge in [0.15, 0.2) is 0 Å². The molecule has 2 heterocycles. The average Bonchev–Trinajstić information content (AvgIpc) is 3.00. The highest BCUT2D eigenvalue weighted by atomic mass is 32.1. The van der Waals surface area contributed by atoms with E-state index in [4.69, 9.17) is 4.98 Å². The molecule has 0 amide bonds. The molecule has 0 spiro atoms. The van der Waals surface area contributed by atoms with Crippen LogP contribution in [-0.4, -0.2) is 23.6 Å². The van der Waals surface area contributed by atoms with Crippen molar-refractivity contribution in [1.82, 2.24) is 9.97 Å². The Balaban J connectivity index is 2.28. The van der Waals surface area contributed by atoms with Crippen LogP contribution in [0.1, 0.15) is 43.9 Å². The second-order valence-electron chi connectivity index (χ2n) is 5.11. The van der Waals surface area contributed by atoms with Crippen molar-refractivity contribution >= 4 is 23.0 Å². The molecule has 0 bridgehead atoms. The minimum atomic E-state index is 0.309. The highest BCUT2D eigenvalue weighted by Crippen LogP contribution is 2.28. The second-order valence-corrected chi connectivity index (χ2v) is 6.09. The van der Waals surface area contributed by atoms with E-state index in [9.17, 15) is 0 Å². The predicted molar refractivity (Wildman–Crippen MR) is 91.3 cm³/mol. The van der Waals surface area contributed by atoms with E-state index in [-0.39, 0.29) is 0 Å². The Morgan fingerprint density at radius 2 is 2.14 bits per heavy atom. The van der Waals surface area contributed by atoms with Crippen LogP contribution in [-0.2, 0) is 6.42 Å². The van der Waals surface area contributed by atoms with Gasteiger partial charge in [-0.05, 0) is 31.7 Å². The van der Waals surface area contributed by atoms with E-state index in [1.54, 1.807) is 11.3 Å². The maximum atomic E-state index is 4.72. The lowest BCUT2D eigenvalue weighted by atomic mass is 10.2. The molecule has 114 valence electrons. The zero-order valence-corrected chi connectivity index (χ0v) is 14.1. The molecule has 0 aliphatic heterocycles. The lowest BCUT2D eigenvalue weighted by molar-refractivity contribution is 0.730. The first-order valence-corrected chi connectivity index (χ1v) is 8.41. The van der Waals surface area contributed by atoms with Gasteiger partial charge in [0.25, 0.3) is 0 Å². The van der Waals surface area contributed by atoms with E-state index in [2.05, 4.69) is 60.5 Å². The van der Waals surface area contributed by atoms with Gasteiger partial charge in [0.1, 0.15) is 17.5 Å². The second kappa shape index (κ2) is 7.41. The minimum absolute atomic E-state index is 0.309. The van der Waals surface area contributed by atoms with Crippen LogP contribution in [0.25, 0.3) is 0 Å². The molecular formula is C16H24N4S. The SMILES string of the molecule is CCCc1nc(NCC)cc(N(C)C(C)c2cccs2)n1. The Labute approximate surface area is 131 Å². The molecule has 5 heteroatoms. The molecule has 1 atom stereocenters. The Morgan fingerprint density at radius 3 is 2.76 bits per heavy atom. The monoisotopic (exact) mass is 304 g/mol. The minimum Gasteiger partial charge on any atom is -0.370 e. The van der Waals surface area contributed by atoms with Gasteiger partial charge in [-0.3, -0.25) is 0 Å². The molecule has 0 aliphatic rings. The van der Waals surface area contributed by atoms with Gasteiger partial charge in [0.05, 0.1) is 6.04 Å². The number of thiophene rings is 1. The summed E-state index contributed by atoms with van der Waals surface area (Å²) in [6.45, 7) is 7.31. The predicted octanol–water partition coefficient (Wildman–Crippen LogP) is 4.12. The molecule has 1 N–H and O–H groups in total. The molecule has 4 nitrogen and oxygen atoms in total. The van der Waals surface area contributed by atoms with Crippen LogP contribution in [0.2, 0.25) is 0 Å². The van der Waals surface area contributed by atoms with Crippen molar-refractivity contribution in [3.63, 3.8) is 0 Å². The number of aromatic nitrogens is 2. The van der Waals surface area contributed by atoms with Crippen LogP contribution in [0.15, 0.2) is 23.6 Å². The number of nitrogens with zero attached hydrogens (tertiary/aromatic N) is 3. The molecule has 0 aromatic carbocycles. The summed E-state index contributed by atoms with van der Waals surface area (Å²) in [6, 6.07) is 6.61. The summed E-state index contributed by atoms with van der Waals surface area (Å²) < 4.78 is 0. The van der Waals surface area contributed by atoms with Gasteiger partial charge in [-0.15, -0.1) is 11.3 Å². The maximum absolute atomic E-state index is 4.72. The van der Waals surface area contributed by atoms with E-state index < -0.39 is 0 Å². The number of anilines is 2. The van der Waals surface area contributed by atoms with Gasteiger partial charge in [-0.25, -0.2) is 9.97 Å². The van der Waals surface area contributed by atoms with Crippen LogP contribution < -0.4 is 10.2 Å².